The Morgan fingerprint density at radius 2 is 2.11 bits per heavy atom. The highest BCUT2D eigenvalue weighted by atomic mass is 35.5. The van der Waals surface area contributed by atoms with Gasteiger partial charge in [-0.3, -0.25) is 4.98 Å². The quantitative estimate of drug-likeness (QED) is 0.892. The highest BCUT2D eigenvalue weighted by molar-refractivity contribution is 5.85. The van der Waals surface area contributed by atoms with Crippen LogP contribution in [0, 0.1) is 13.8 Å². The second-order valence-electron chi connectivity index (χ2n) is 4.72. The molecule has 19 heavy (non-hydrogen) atoms. The number of pyridine rings is 1. The van der Waals surface area contributed by atoms with Crippen molar-refractivity contribution in [1.82, 2.24) is 10.3 Å². The van der Waals surface area contributed by atoms with Gasteiger partial charge in [0.2, 0.25) is 0 Å². The fourth-order valence-electron chi connectivity index (χ4n) is 2.44. The van der Waals surface area contributed by atoms with Gasteiger partial charge < -0.3 is 15.2 Å². The van der Waals surface area contributed by atoms with Crippen LogP contribution in [0.4, 0.5) is 4.79 Å². The molecule has 0 saturated carbocycles. The summed E-state index contributed by atoms with van der Waals surface area (Å²) in [6.45, 7) is 4.52. The molecular formula is C13H19ClN2O3. The maximum absolute atomic E-state index is 10.7. The van der Waals surface area contributed by atoms with Gasteiger partial charge in [0.1, 0.15) is 0 Å². The molecule has 0 aromatic carbocycles. The average molecular weight is 287 g/mol. The average Bonchev–Trinajstić information content (AvgIpc) is 2.63. The van der Waals surface area contributed by atoms with Gasteiger partial charge >= 0.3 is 6.09 Å². The molecule has 1 aliphatic rings. The van der Waals surface area contributed by atoms with Crippen LogP contribution in [-0.4, -0.2) is 34.9 Å². The fraction of sp³-hybridized carbons (Fsp3) is 0.538. The molecule has 1 saturated heterocycles. The number of nitrogens with zero attached hydrogens (tertiary/aromatic N) is 1. The van der Waals surface area contributed by atoms with E-state index in [9.17, 15) is 4.79 Å². The summed E-state index contributed by atoms with van der Waals surface area (Å²) in [6.07, 6.45) is 0.384. The summed E-state index contributed by atoms with van der Waals surface area (Å²) < 4.78 is 5.60. The van der Waals surface area contributed by atoms with Crippen LogP contribution in [0.1, 0.15) is 23.4 Å². The smallest absolute Gasteiger partial charge is 0.404 e. The predicted octanol–water partition coefficient (Wildman–Crippen LogP) is 2.09. The maximum atomic E-state index is 10.7. The molecular weight excluding hydrogens is 268 g/mol. The number of aryl methyl sites for hydroxylation is 2. The van der Waals surface area contributed by atoms with Crippen molar-refractivity contribution in [2.45, 2.75) is 38.8 Å². The van der Waals surface area contributed by atoms with Crippen LogP contribution in [0.2, 0.25) is 0 Å². The molecule has 6 heteroatoms. The van der Waals surface area contributed by atoms with E-state index < -0.39 is 6.09 Å². The van der Waals surface area contributed by atoms with Crippen LogP contribution >= 0.6 is 12.4 Å². The van der Waals surface area contributed by atoms with Crippen LogP contribution in [0.25, 0.3) is 0 Å². The first-order valence-electron chi connectivity index (χ1n) is 6.10. The van der Waals surface area contributed by atoms with E-state index >= 15 is 0 Å². The monoisotopic (exact) mass is 286 g/mol. The van der Waals surface area contributed by atoms with E-state index in [1.807, 2.05) is 26.0 Å². The minimum absolute atomic E-state index is 0. The summed E-state index contributed by atoms with van der Waals surface area (Å²) in [4.78, 5) is 15.0. The number of rotatable bonds is 3. The van der Waals surface area contributed by atoms with E-state index in [2.05, 4.69) is 10.3 Å². The number of aromatic nitrogens is 1. The van der Waals surface area contributed by atoms with E-state index in [0.717, 1.165) is 29.8 Å². The van der Waals surface area contributed by atoms with Gasteiger partial charge in [-0.15, -0.1) is 12.4 Å². The molecule has 5 nitrogen and oxygen atoms in total. The van der Waals surface area contributed by atoms with Crippen LogP contribution in [0.3, 0.4) is 0 Å². The second-order valence-corrected chi connectivity index (χ2v) is 4.72. The molecule has 2 atom stereocenters. The highest BCUT2D eigenvalue weighted by Crippen LogP contribution is 2.19. The molecule has 106 valence electrons. The van der Waals surface area contributed by atoms with Crippen LogP contribution in [0.15, 0.2) is 12.1 Å². The van der Waals surface area contributed by atoms with Gasteiger partial charge in [0.05, 0.1) is 12.1 Å². The first-order valence-corrected chi connectivity index (χ1v) is 6.10. The van der Waals surface area contributed by atoms with Gasteiger partial charge in [-0.05, 0) is 38.0 Å². The Bertz CT molecular complexity index is 433. The van der Waals surface area contributed by atoms with E-state index in [1.165, 1.54) is 0 Å². The van der Waals surface area contributed by atoms with E-state index in [-0.39, 0.29) is 24.6 Å². The summed E-state index contributed by atoms with van der Waals surface area (Å²) in [5.74, 6) is 0. The fourth-order valence-corrected chi connectivity index (χ4v) is 2.44. The van der Waals surface area contributed by atoms with Crippen molar-refractivity contribution in [2.24, 2.45) is 0 Å². The van der Waals surface area contributed by atoms with Crippen LogP contribution < -0.4 is 5.32 Å². The van der Waals surface area contributed by atoms with Gasteiger partial charge in [0.25, 0.3) is 0 Å². The van der Waals surface area contributed by atoms with Crippen molar-refractivity contribution in [3.63, 3.8) is 0 Å². The number of amides is 1. The molecule has 0 spiro atoms. The molecule has 0 radical (unpaired) electrons. The molecule has 1 aromatic heterocycles. The van der Waals surface area contributed by atoms with Gasteiger partial charge in [0.15, 0.2) is 0 Å². The van der Waals surface area contributed by atoms with Crippen molar-refractivity contribution >= 4 is 18.5 Å². The van der Waals surface area contributed by atoms with Crippen LogP contribution in [0.5, 0.6) is 0 Å². The predicted molar refractivity (Wildman–Crippen MR) is 74.0 cm³/mol. The lowest BCUT2D eigenvalue weighted by atomic mass is 10.0. The third kappa shape index (κ3) is 4.36. The second kappa shape index (κ2) is 6.73. The number of halogens is 1. The van der Waals surface area contributed by atoms with Crippen molar-refractivity contribution in [3.8, 4) is 0 Å². The molecule has 1 aliphatic heterocycles. The summed E-state index contributed by atoms with van der Waals surface area (Å²) in [5.41, 5.74) is 3.10. The summed E-state index contributed by atoms with van der Waals surface area (Å²) >= 11 is 0. The number of carboxylic acid groups (broad SMARTS) is 1. The standard InChI is InChI=1S/C13H18N2O3.ClH/c1-8-5-10(6-9(2)14-8)7-12-11(3-4-18-12)15-13(16)17;/h5-6,11-12,15H,3-4,7H2,1-2H3,(H,16,17);1H/t11-,12?;/m1./s1. The lowest BCUT2D eigenvalue weighted by Crippen LogP contribution is -2.40. The zero-order chi connectivity index (χ0) is 13.1. The summed E-state index contributed by atoms with van der Waals surface area (Å²) in [6, 6.07) is 3.93. The van der Waals surface area contributed by atoms with E-state index in [1.54, 1.807) is 0 Å². The molecule has 2 rings (SSSR count). The van der Waals surface area contributed by atoms with Gasteiger partial charge in [-0.2, -0.15) is 0 Å². The zero-order valence-corrected chi connectivity index (χ0v) is 11.9. The largest absolute Gasteiger partial charge is 0.465 e. The number of ether oxygens (including phenoxy) is 1. The van der Waals surface area contributed by atoms with Crippen molar-refractivity contribution in [3.05, 3.63) is 29.1 Å². The first kappa shape index (κ1) is 15.7. The third-order valence-electron chi connectivity index (χ3n) is 3.10. The Morgan fingerprint density at radius 1 is 1.47 bits per heavy atom. The van der Waals surface area contributed by atoms with Crippen molar-refractivity contribution < 1.29 is 14.6 Å². The van der Waals surface area contributed by atoms with E-state index in [4.69, 9.17) is 9.84 Å². The van der Waals surface area contributed by atoms with Gasteiger partial charge in [-0.25, -0.2) is 4.79 Å². The lowest BCUT2D eigenvalue weighted by Gasteiger charge is -2.18. The van der Waals surface area contributed by atoms with Crippen molar-refractivity contribution in [1.29, 1.82) is 0 Å². The number of hydrogen-bond acceptors (Lipinski definition) is 3. The molecule has 2 N–H and O–H groups in total. The Morgan fingerprint density at radius 3 is 2.68 bits per heavy atom. The van der Waals surface area contributed by atoms with Gasteiger partial charge in [-0.1, -0.05) is 0 Å². The molecule has 2 heterocycles. The molecule has 1 aromatic rings. The SMILES string of the molecule is Cc1cc(CC2OCC[C@H]2NC(=O)O)cc(C)n1.Cl. The first-order chi connectivity index (χ1) is 8.54. The molecule has 0 aliphatic carbocycles. The Labute approximate surface area is 118 Å². The number of hydrogen-bond donors (Lipinski definition) is 2. The number of carbonyl (C=O) groups is 1. The van der Waals surface area contributed by atoms with Crippen LogP contribution in [-0.2, 0) is 11.2 Å². The molecule has 1 amide bonds. The molecule has 1 fully saturated rings. The lowest BCUT2D eigenvalue weighted by molar-refractivity contribution is 0.0970. The molecule has 0 bridgehead atoms. The summed E-state index contributed by atoms with van der Waals surface area (Å²) in [5, 5.41) is 11.3. The topological polar surface area (TPSA) is 71.5 Å². The van der Waals surface area contributed by atoms with Gasteiger partial charge in [0, 0.05) is 24.4 Å². The third-order valence-corrected chi connectivity index (χ3v) is 3.10. The minimum Gasteiger partial charge on any atom is -0.465 e. The summed E-state index contributed by atoms with van der Waals surface area (Å²) in [7, 11) is 0. The Kier molecular flexibility index (Phi) is 5.57. The molecule has 1 unspecified atom stereocenters. The Hall–Kier alpha value is -1.33. The maximum Gasteiger partial charge on any atom is 0.404 e. The number of nitrogens with one attached hydrogen (secondary N) is 1. The van der Waals surface area contributed by atoms with Crippen molar-refractivity contribution in [2.75, 3.05) is 6.61 Å². The highest BCUT2D eigenvalue weighted by Gasteiger charge is 2.29. The van der Waals surface area contributed by atoms with E-state index in [0.29, 0.717) is 6.61 Å². The minimum atomic E-state index is -0.988. The Balaban J connectivity index is 0.00000180. The zero-order valence-electron chi connectivity index (χ0n) is 11.0. The normalized spacial score (nSPS) is 21.8.